The van der Waals surface area contributed by atoms with Crippen LogP contribution in [0.2, 0.25) is 0 Å². The second-order valence-corrected chi connectivity index (χ2v) is 8.46. The normalized spacial score (nSPS) is 28.4. The number of hydrogen-bond donors (Lipinski definition) is 1. The highest BCUT2D eigenvalue weighted by molar-refractivity contribution is 5.94. The predicted molar refractivity (Wildman–Crippen MR) is 113 cm³/mol. The minimum Gasteiger partial charge on any atom is -0.432 e. The van der Waals surface area contributed by atoms with Gasteiger partial charge in [0.15, 0.2) is 0 Å². The maximum atomic E-state index is 12.8. The Labute approximate surface area is 176 Å². The first-order chi connectivity index (χ1) is 14.7. The van der Waals surface area contributed by atoms with Crippen LogP contribution in [0.1, 0.15) is 30.1 Å². The molecule has 2 aromatic rings. The zero-order chi connectivity index (χ0) is 20.5. The number of ether oxygens (including phenoxy) is 2. The zero-order valence-corrected chi connectivity index (χ0v) is 17.4. The lowest BCUT2D eigenvalue weighted by atomic mass is 9.79. The molecule has 1 aromatic heterocycles. The predicted octanol–water partition coefficient (Wildman–Crippen LogP) is 3.12. The molecule has 4 aliphatic rings. The zero-order valence-electron chi connectivity index (χ0n) is 17.4. The van der Waals surface area contributed by atoms with Crippen molar-refractivity contribution in [3.63, 3.8) is 0 Å². The summed E-state index contributed by atoms with van der Waals surface area (Å²) in [5.74, 6) is 1.66. The summed E-state index contributed by atoms with van der Waals surface area (Å²) in [5, 5.41) is 3.27. The Hall–Kier alpha value is -2.51. The first-order valence-corrected chi connectivity index (χ1v) is 10.9. The van der Waals surface area contributed by atoms with Crippen molar-refractivity contribution >= 4 is 11.6 Å². The van der Waals surface area contributed by atoms with Crippen molar-refractivity contribution in [2.75, 3.05) is 44.3 Å². The van der Waals surface area contributed by atoms with Crippen LogP contribution in [0.15, 0.2) is 41.0 Å². The van der Waals surface area contributed by atoms with Crippen LogP contribution in [0.5, 0.6) is 11.7 Å². The molecule has 7 nitrogen and oxygen atoms in total. The monoisotopic (exact) mass is 411 g/mol. The van der Waals surface area contributed by atoms with Crippen LogP contribution in [0, 0.1) is 5.92 Å². The van der Waals surface area contributed by atoms with Crippen molar-refractivity contribution in [2.45, 2.75) is 31.8 Å². The van der Waals surface area contributed by atoms with E-state index in [0.29, 0.717) is 29.2 Å². The number of anilines is 1. The Balaban J connectivity index is 1.19. The average Bonchev–Trinajstić information content (AvgIpc) is 3.26. The van der Waals surface area contributed by atoms with E-state index >= 15 is 0 Å². The van der Waals surface area contributed by atoms with Crippen LogP contribution in [-0.2, 0) is 4.74 Å². The molecule has 5 heterocycles. The fourth-order valence-corrected chi connectivity index (χ4v) is 4.92. The highest BCUT2D eigenvalue weighted by Gasteiger charge is 2.40. The molecular formula is C23H29N3O4. The molecule has 4 aliphatic heterocycles. The maximum absolute atomic E-state index is 12.8. The van der Waals surface area contributed by atoms with Crippen molar-refractivity contribution in [1.29, 1.82) is 0 Å². The highest BCUT2D eigenvalue weighted by Crippen LogP contribution is 2.32. The topological polar surface area (TPSA) is 67.2 Å². The summed E-state index contributed by atoms with van der Waals surface area (Å²) in [6.07, 6.45) is 4.06. The summed E-state index contributed by atoms with van der Waals surface area (Å²) in [4.78, 5) is 17.5. The number of furan rings is 1. The van der Waals surface area contributed by atoms with E-state index < -0.39 is 0 Å². The van der Waals surface area contributed by atoms with Gasteiger partial charge >= 0.3 is 0 Å². The molecule has 160 valence electrons. The minimum absolute atomic E-state index is 0.0141. The largest absolute Gasteiger partial charge is 0.432 e. The molecule has 1 N–H and O–H groups in total. The minimum atomic E-state index is -0.0141. The van der Waals surface area contributed by atoms with Crippen molar-refractivity contribution in [3.05, 3.63) is 42.2 Å². The van der Waals surface area contributed by atoms with Gasteiger partial charge in [-0.05, 0) is 63.0 Å². The number of nitrogens with one attached hydrogen (secondary N) is 1. The Morgan fingerprint density at radius 1 is 1.10 bits per heavy atom. The summed E-state index contributed by atoms with van der Waals surface area (Å²) < 4.78 is 16.8. The number of benzene rings is 1. The molecule has 0 unspecified atom stereocenters. The lowest BCUT2D eigenvalue weighted by Gasteiger charge is -2.49. The fourth-order valence-electron chi connectivity index (χ4n) is 4.92. The van der Waals surface area contributed by atoms with Gasteiger partial charge in [-0.15, -0.1) is 0 Å². The fraction of sp³-hybridized carbons (Fsp3) is 0.522. The van der Waals surface area contributed by atoms with Gasteiger partial charge in [-0.1, -0.05) is 0 Å². The number of nitrogens with zero attached hydrogens (tertiary/aromatic N) is 2. The molecule has 2 bridgehead atoms. The molecule has 1 amide bonds. The average molecular weight is 412 g/mol. The molecular weight excluding hydrogens is 382 g/mol. The lowest BCUT2D eigenvalue weighted by molar-refractivity contribution is 0.0217. The summed E-state index contributed by atoms with van der Waals surface area (Å²) in [5.41, 5.74) is 1.65. The van der Waals surface area contributed by atoms with Gasteiger partial charge < -0.3 is 24.1 Å². The number of morpholine rings is 1. The van der Waals surface area contributed by atoms with E-state index in [1.807, 2.05) is 30.3 Å². The quantitative estimate of drug-likeness (QED) is 0.816. The third kappa shape index (κ3) is 3.91. The Bertz CT molecular complexity index is 865. The third-order valence-corrected chi connectivity index (χ3v) is 6.75. The standard InChI is InChI=1S/C23H29N3O4/c1-16-22(17-6-8-25(16)9-7-17)24-23(27)18-2-4-20(5-3-18)30-21-14-19(15-29-21)26-10-12-28-13-11-26/h2-5,14-17,22H,6-13H2,1H3,(H,24,27)/t16-,22+/m1/s1. The Kier molecular flexibility index (Phi) is 5.39. The smallest absolute Gasteiger partial charge is 0.291 e. The first-order valence-electron chi connectivity index (χ1n) is 10.9. The number of piperidine rings is 3. The van der Waals surface area contributed by atoms with E-state index in [1.165, 1.54) is 12.8 Å². The molecule has 7 heteroatoms. The maximum Gasteiger partial charge on any atom is 0.291 e. The summed E-state index contributed by atoms with van der Waals surface area (Å²) in [7, 11) is 0. The van der Waals surface area contributed by atoms with Crippen LogP contribution < -0.4 is 15.0 Å². The number of carbonyl (C=O) groups excluding carboxylic acids is 1. The van der Waals surface area contributed by atoms with Gasteiger partial charge in [-0.25, -0.2) is 0 Å². The van der Waals surface area contributed by atoms with E-state index in [4.69, 9.17) is 13.9 Å². The van der Waals surface area contributed by atoms with Gasteiger partial charge in [0.05, 0.1) is 18.9 Å². The second-order valence-electron chi connectivity index (χ2n) is 8.46. The summed E-state index contributed by atoms with van der Waals surface area (Å²) in [6.45, 7) is 7.69. The van der Waals surface area contributed by atoms with Crippen LogP contribution >= 0.6 is 0 Å². The Morgan fingerprint density at radius 3 is 2.53 bits per heavy atom. The second kappa shape index (κ2) is 8.32. The van der Waals surface area contributed by atoms with Crippen LogP contribution in [0.4, 0.5) is 5.69 Å². The molecule has 0 radical (unpaired) electrons. The molecule has 0 spiro atoms. The van der Waals surface area contributed by atoms with Gasteiger partial charge in [0.2, 0.25) is 0 Å². The number of amides is 1. The Morgan fingerprint density at radius 2 is 1.83 bits per heavy atom. The lowest BCUT2D eigenvalue weighted by Crippen LogP contribution is -2.62. The molecule has 6 rings (SSSR count). The summed E-state index contributed by atoms with van der Waals surface area (Å²) in [6, 6.07) is 9.77. The van der Waals surface area contributed by atoms with E-state index in [1.54, 1.807) is 6.26 Å². The van der Waals surface area contributed by atoms with Crippen LogP contribution in [0.3, 0.4) is 0 Å². The van der Waals surface area contributed by atoms with Crippen LogP contribution in [-0.4, -0.2) is 62.3 Å². The van der Waals surface area contributed by atoms with E-state index in [0.717, 1.165) is 45.1 Å². The molecule has 4 saturated heterocycles. The molecule has 2 atom stereocenters. The molecule has 0 aliphatic carbocycles. The first kappa shape index (κ1) is 19.5. The van der Waals surface area contributed by atoms with Crippen LogP contribution in [0.25, 0.3) is 0 Å². The van der Waals surface area contributed by atoms with E-state index in [2.05, 4.69) is 22.0 Å². The molecule has 1 aromatic carbocycles. The van der Waals surface area contributed by atoms with Gasteiger partial charge in [-0.2, -0.15) is 0 Å². The number of rotatable bonds is 5. The van der Waals surface area contributed by atoms with Crippen molar-refractivity contribution in [1.82, 2.24) is 10.2 Å². The van der Waals surface area contributed by atoms with Gasteiger partial charge in [-0.3, -0.25) is 9.69 Å². The molecule has 0 saturated carbocycles. The summed E-state index contributed by atoms with van der Waals surface area (Å²) >= 11 is 0. The molecule has 30 heavy (non-hydrogen) atoms. The number of hydrogen-bond acceptors (Lipinski definition) is 6. The van der Waals surface area contributed by atoms with Gasteiger partial charge in [0.25, 0.3) is 11.9 Å². The van der Waals surface area contributed by atoms with Crippen molar-refractivity contribution in [3.8, 4) is 11.7 Å². The van der Waals surface area contributed by atoms with Crippen molar-refractivity contribution < 1.29 is 18.7 Å². The van der Waals surface area contributed by atoms with E-state index in [9.17, 15) is 4.79 Å². The SMILES string of the molecule is C[C@@H]1[C@H](NC(=O)c2ccc(Oc3cc(N4CCOCC4)co3)cc2)C2CCN1CC2. The van der Waals surface area contributed by atoms with Gasteiger partial charge in [0, 0.05) is 36.8 Å². The number of fused-ring (bicyclic) bond motifs is 3. The molecule has 4 fully saturated rings. The van der Waals surface area contributed by atoms with Gasteiger partial charge in [0.1, 0.15) is 12.0 Å². The third-order valence-electron chi connectivity index (χ3n) is 6.75. The number of carbonyl (C=O) groups is 1. The van der Waals surface area contributed by atoms with Crippen molar-refractivity contribution in [2.24, 2.45) is 5.92 Å². The highest BCUT2D eigenvalue weighted by atomic mass is 16.6. The van der Waals surface area contributed by atoms with E-state index in [-0.39, 0.29) is 11.9 Å².